The fraction of sp³-hybridized carbons (Fsp3) is 0.227. The second-order valence-electron chi connectivity index (χ2n) is 15.8. The predicted octanol–water partition coefficient (Wildman–Crippen LogP) is 8.61. The van der Waals surface area contributed by atoms with E-state index >= 15 is 0 Å². The van der Waals surface area contributed by atoms with Gasteiger partial charge in [0, 0.05) is 39.2 Å². The number of alkyl halides is 3. The number of para-hydroxylation sites is 2. The molecule has 10 rings (SSSR count). The summed E-state index contributed by atoms with van der Waals surface area (Å²) in [4.78, 5) is 40.0. The largest absolute Gasteiger partial charge is 0.534 e. The highest BCUT2D eigenvalue weighted by Crippen LogP contribution is 2.60. The third-order valence-electron chi connectivity index (χ3n) is 11.4. The first-order valence-electron chi connectivity index (χ1n) is 19.8. The zero-order chi connectivity index (χ0) is 44.7. The van der Waals surface area contributed by atoms with Crippen LogP contribution in [0.2, 0.25) is 0 Å². The molecule has 4 atom stereocenters. The van der Waals surface area contributed by atoms with Crippen molar-refractivity contribution < 1.29 is 53.7 Å². The lowest BCUT2D eigenvalue weighted by Gasteiger charge is -2.28. The summed E-state index contributed by atoms with van der Waals surface area (Å²) in [5.41, 5.74) is -2.86. The van der Waals surface area contributed by atoms with Crippen LogP contribution in [-0.4, -0.2) is 53.1 Å². The molecule has 4 bridgehead atoms. The number of alkyl carbamates (subject to hydrolysis) is 1. The lowest BCUT2D eigenvalue weighted by molar-refractivity contribution is -0.124. The molecule has 15 nitrogen and oxygen atoms in total. The first kappa shape index (κ1) is 41.2. The van der Waals surface area contributed by atoms with Crippen LogP contribution >= 0.6 is 15.9 Å². The molecular formula is C44H34BrF3N6O9S. The van der Waals surface area contributed by atoms with Crippen LogP contribution in [0.5, 0.6) is 11.5 Å². The molecule has 1 spiro atoms. The molecule has 0 saturated heterocycles. The number of halogens is 4. The predicted molar refractivity (Wildman–Crippen MR) is 226 cm³/mol. The van der Waals surface area contributed by atoms with Crippen molar-refractivity contribution >= 4 is 54.6 Å². The van der Waals surface area contributed by atoms with E-state index in [0.717, 1.165) is 27.4 Å². The van der Waals surface area contributed by atoms with E-state index in [2.05, 4.69) is 46.0 Å². The summed E-state index contributed by atoms with van der Waals surface area (Å²) in [5, 5.41) is 9.62. The first-order valence-corrected chi connectivity index (χ1v) is 22.0. The Labute approximate surface area is 370 Å². The summed E-state index contributed by atoms with van der Waals surface area (Å²) < 4.78 is 94.5. The van der Waals surface area contributed by atoms with Crippen molar-refractivity contribution in [1.29, 1.82) is 0 Å². The van der Waals surface area contributed by atoms with Crippen molar-refractivity contribution in [1.82, 2.24) is 25.6 Å². The number of benzene rings is 4. The van der Waals surface area contributed by atoms with E-state index in [-0.39, 0.29) is 58.8 Å². The number of hydrogen-bond donors (Lipinski definition) is 4. The fourth-order valence-electron chi connectivity index (χ4n) is 8.46. The van der Waals surface area contributed by atoms with Crippen LogP contribution in [0.15, 0.2) is 111 Å². The summed E-state index contributed by atoms with van der Waals surface area (Å²) in [6.07, 6.45) is 1.31. The summed E-state index contributed by atoms with van der Waals surface area (Å²) >= 11 is 3.70. The number of rotatable bonds is 8. The zero-order valence-corrected chi connectivity index (χ0v) is 35.9. The van der Waals surface area contributed by atoms with Crippen molar-refractivity contribution in [2.45, 2.75) is 56.1 Å². The van der Waals surface area contributed by atoms with Gasteiger partial charge in [0.05, 0.1) is 17.4 Å². The Kier molecular flexibility index (Phi) is 9.78. The highest BCUT2D eigenvalue weighted by molar-refractivity contribution is 9.10. The topological polar surface area (TPSA) is 200 Å². The van der Waals surface area contributed by atoms with Crippen LogP contribution in [-0.2, 0) is 38.1 Å². The molecule has 20 heteroatoms. The van der Waals surface area contributed by atoms with Gasteiger partial charge in [0.2, 0.25) is 17.7 Å². The van der Waals surface area contributed by atoms with Gasteiger partial charge in [0.1, 0.15) is 29.9 Å². The van der Waals surface area contributed by atoms with Crippen molar-refractivity contribution in [3.8, 4) is 34.4 Å². The highest BCUT2D eigenvalue weighted by Gasteiger charge is 2.61. The lowest BCUT2D eigenvalue weighted by atomic mass is 9.72. The number of carbonyl (C=O) groups is 2. The van der Waals surface area contributed by atoms with Crippen LogP contribution in [0.4, 0.5) is 23.7 Å². The minimum absolute atomic E-state index is 0.00978. The zero-order valence-electron chi connectivity index (χ0n) is 33.4. The van der Waals surface area contributed by atoms with E-state index in [9.17, 15) is 31.2 Å². The molecule has 328 valence electrons. The maximum atomic E-state index is 14.3. The summed E-state index contributed by atoms with van der Waals surface area (Å²) in [5.74, 6) is -0.415. The van der Waals surface area contributed by atoms with Gasteiger partial charge in [-0.2, -0.15) is 21.6 Å². The number of aromatic amines is 1. The van der Waals surface area contributed by atoms with Gasteiger partial charge in [-0.1, -0.05) is 80.6 Å². The van der Waals surface area contributed by atoms with Crippen LogP contribution < -0.4 is 24.9 Å². The van der Waals surface area contributed by atoms with Crippen LogP contribution in [0.3, 0.4) is 0 Å². The average Bonchev–Trinajstić information content (AvgIpc) is 4.09. The number of fused-ring (bicyclic) bond motifs is 5. The second kappa shape index (κ2) is 15.2. The van der Waals surface area contributed by atoms with Gasteiger partial charge in [-0.3, -0.25) is 4.79 Å². The van der Waals surface area contributed by atoms with Crippen LogP contribution in [0.1, 0.15) is 53.8 Å². The Morgan fingerprint density at radius 3 is 2.59 bits per heavy atom. The van der Waals surface area contributed by atoms with Gasteiger partial charge in [0.25, 0.3) is 0 Å². The van der Waals surface area contributed by atoms with E-state index in [4.69, 9.17) is 23.3 Å². The minimum atomic E-state index is -5.98. The van der Waals surface area contributed by atoms with Crippen LogP contribution in [0.25, 0.3) is 33.8 Å². The number of hydrogen-bond acceptors (Lipinski definition) is 12. The summed E-state index contributed by atoms with van der Waals surface area (Å²) in [6, 6.07) is 22.4. The smallest absolute Gasteiger partial charge is 0.469 e. The molecule has 4 N–H and O–H groups in total. The SMILES string of the molecule is CC(C)[C@@H]1NC(=O)[C@@H](NC(=O)OCc2ccccc2)Cc2ccc3c(c2)C2(c4cccc(Br)c4N[C@H]2O3)c2oc1nc2-c1ncc(-c2c[nH]c3c(OS(=O)(=O)C(F)(F)F)cccc23)o1. The number of amides is 2. The Balaban J connectivity index is 1.10. The quantitative estimate of drug-likeness (QED) is 0.0837. The van der Waals surface area contributed by atoms with E-state index < -0.39 is 57.1 Å². The van der Waals surface area contributed by atoms with E-state index in [0.29, 0.717) is 22.4 Å². The summed E-state index contributed by atoms with van der Waals surface area (Å²) in [6.45, 7) is 3.74. The van der Waals surface area contributed by atoms with Gasteiger partial charge in [-0.25, -0.2) is 14.8 Å². The van der Waals surface area contributed by atoms with Crippen molar-refractivity contribution in [3.05, 3.63) is 136 Å². The Morgan fingerprint density at radius 1 is 1.02 bits per heavy atom. The Hall–Kier alpha value is -6.80. The van der Waals surface area contributed by atoms with Gasteiger partial charge < -0.3 is 43.4 Å². The third kappa shape index (κ3) is 6.73. The Morgan fingerprint density at radius 2 is 1.81 bits per heavy atom. The lowest BCUT2D eigenvalue weighted by Crippen LogP contribution is -2.49. The average molecular weight is 960 g/mol. The van der Waals surface area contributed by atoms with Crippen molar-refractivity contribution in [3.63, 3.8) is 0 Å². The van der Waals surface area contributed by atoms with Gasteiger partial charge in [-0.15, -0.1) is 0 Å². The molecule has 3 aliphatic rings. The molecule has 0 aliphatic carbocycles. The minimum Gasteiger partial charge on any atom is -0.469 e. The monoisotopic (exact) mass is 958 g/mol. The number of nitrogens with zero attached hydrogens (tertiary/aromatic N) is 2. The molecule has 0 radical (unpaired) electrons. The maximum absolute atomic E-state index is 14.3. The molecule has 7 aromatic rings. The van der Waals surface area contributed by atoms with Crippen molar-refractivity contribution in [2.24, 2.45) is 5.92 Å². The van der Waals surface area contributed by atoms with E-state index in [1.165, 1.54) is 18.5 Å². The molecule has 6 heterocycles. The molecule has 1 unspecified atom stereocenters. The Bertz CT molecular complexity index is 3120. The molecule has 0 saturated carbocycles. The molecule has 3 aliphatic heterocycles. The normalized spacial score (nSPS) is 20.0. The van der Waals surface area contributed by atoms with Gasteiger partial charge >= 0.3 is 21.7 Å². The van der Waals surface area contributed by atoms with Gasteiger partial charge in [0.15, 0.2) is 29.2 Å². The number of ether oxygens (including phenoxy) is 2. The standard InChI is InChI=1S/C44H34BrF3N6O9S/c1-21(2)33-40-53-36(39-50-19-32(60-39)25-18-49-34-24(25)10-6-13-31(34)63-64(57,58)44(46,47)48)37(62-40)43-26-11-7-12-28(45)35(26)54-41(43)61-30-15-14-23(16-27(30)43)17-29(38(55)52-33)51-42(56)59-20-22-8-4-3-5-9-22/h3-16,18-19,21,29,33,41,49,54H,17,20H2,1-2H3,(H,51,56)(H,52,55)/t29-,33-,41-,43?/m0/s1. The second-order valence-corrected chi connectivity index (χ2v) is 18.2. The summed E-state index contributed by atoms with van der Waals surface area (Å²) in [7, 11) is -5.98. The first-order chi connectivity index (χ1) is 30.6. The highest BCUT2D eigenvalue weighted by atomic mass is 79.9. The number of carbonyl (C=O) groups excluding carboxylic acids is 2. The third-order valence-corrected chi connectivity index (χ3v) is 13.1. The molecule has 4 aromatic carbocycles. The number of nitrogens with one attached hydrogen (secondary N) is 4. The molecule has 64 heavy (non-hydrogen) atoms. The molecule has 3 aromatic heterocycles. The van der Waals surface area contributed by atoms with E-state index in [1.807, 2.05) is 74.5 Å². The number of anilines is 1. The molecule has 2 amide bonds. The van der Waals surface area contributed by atoms with Crippen LogP contribution in [0, 0.1) is 5.92 Å². The number of H-pyrrole nitrogens is 1. The number of oxazole rings is 2. The molecule has 0 fully saturated rings. The van der Waals surface area contributed by atoms with Gasteiger partial charge in [-0.05, 0) is 51.2 Å². The molecular weight excluding hydrogens is 925 g/mol. The number of aromatic nitrogens is 3. The van der Waals surface area contributed by atoms with E-state index in [1.54, 1.807) is 12.1 Å². The fourth-order valence-corrected chi connectivity index (χ4v) is 9.42. The van der Waals surface area contributed by atoms with Crippen molar-refractivity contribution in [2.75, 3.05) is 5.32 Å². The maximum Gasteiger partial charge on any atom is 0.534 e.